The molecule has 0 saturated carbocycles. The Morgan fingerprint density at radius 1 is 0.645 bits per heavy atom. The molecule has 1 aliphatic carbocycles. The number of allylic oxidation sites excluding steroid dienone is 5. The van der Waals surface area contributed by atoms with Crippen molar-refractivity contribution in [1.29, 1.82) is 0 Å². The highest BCUT2D eigenvalue weighted by atomic mass is 32.2. The third-order valence-corrected chi connectivity index (χ3v) is 19.3. The number of carbonyl (C=O) groups is 9. The van der Waals surface area contributed by atoms with Gasteiger partial charge in [0.05, 0.1) is 6.54 Å². The van der Waals surface area contributed by atoms with Gasteiger partial charge in [0.15, 0.2) is 5.12 Å². The van der Waals surface area contributed by atoms with Crippen molar-refractivity contribution < 1.29 is 53.0 Å². The lowest BCUT2D eigenvalue weighted by Crippen LogP contribution is -2.57. The number of nitrogens with zero attached hydrogens (tertiary/aromatic N) is 1. The van der Waals surface area contributed by atoms with E-state index in [0.717, 1.165) is 79.0 Å². The lowest BCUT2D eigenvalue weighted by Gasteiger charge is -2.30. The summed E-state index contributed by atoms with van der Waals surface area (Å²) >= 11 is 3.73. The molecule has 1 fully saturated rings. The van der Waals surface area contributed by atoms with E-state index in [4.69, 9.17) is 4.74 Å². The number of benzene rings is 2. The van der Waals surface area contributed by atoms with Gasteiger partial charge in [0, 0.05) is 36.1 Å². The zero-order chi connectivity index (χ0) is 67.9. The molecule has 0 radical (unpaired) electrons. The largest absolute Gasteiger partial charge is 0.480 e. The number of fused-ring (bicyclic) bond motifs is 3. The molecule has 7 amide bonds. The van der Waals surface area contributed by atoms with Gasteiger partial charge >= 0.3 is 12.1 Å². The Kier molecular flexibility index (Phi) is 38.7. The zero-order valence-corrected chi connectivity index (χ0v) is 59.3. The molecule has 0 spiro atoms. The standard InChI is InChI=1S/C72H109N7O11S3/c1-9-10-11-12-13-14-15-16-17-18-19-20-21-38-66(82)93-49-61(76-65(81)46-74-72(89)90-47-58-56-35-24-22-33-54(56)55-34-23-25-36-57(55)58)68(84)77-59(40-42-91-8)67(83)73-45-64(80)75-60(44-51(4)5)70(86)79-41-28-37-63(79)69(85)78-62(71(87)88)48-92-43-39-53(7)32-27-31-52(6)30-26-29-50(2)3/h22-25,29,31,33-36,39,51,58-63H,9-21,26-28,30,32,37-38,40-49H2,1-8H3,(H,73,83)(H,74,89)(H,75,80)(H,76,81)(H,77,84)(H,78,85)(H,87,88)/b52-31+,53-39+/t59-,60-,61-,62-,63-/m0/s1. The molecule has 0 unspecified atom stereocenters. The summed E-state index contributed by atoms with van der Waals surface area (Å²) < 4.78 is 5.63. The summed E-state index contributed by atoms with van der Waals surface area (Å²) in [6, 6.07) is 10.1. The van der Waals surface area contributed by atoms with Gasteiger partial charge in [0.25, 0.3) is 0 Å². The van der Waals surface area contributed by atoms with Crippen molar-refractivity contribution in [2.24, 2.45) is 5.92 Å². The Balaban J connectivity index is 1.33. The number of likely N-dealkylation sites (tertiary alicyclic amines) is 1. The summed E-state index contributed by atoms with van der Waals surface area (Å²) in [6.07, 6.45) is 28.0. The predicted octanol–water partition coefficient (Wildman–Crippen LogP) is 12.3. The van der Waals surface area contributed by atoms with E-state index in [1.165, 1.54) is 103 Å². The van der Waals surface area contributed by atoms with Gasteiger partial charge in [-0.15, -0.1) is 0 Å². The van der Waals surface area contributed by atoms with Crippen LogP contribution in [0.2, 0.25) is 0 Å². The molecular weight excluding hydrogens is 1240 g/mol. The van der Waals surface area contributed by atoms with Crippen LogP contribution in [0.3, 0.4) is 0 Å². The molecule has 0 aromatic heterocycles. The highest BCUT2D eigenvalue weighted by Gasteiger charge is 2.39. The van der Waals surface area contributed by atoms with E-state index in [1.807, 2.05) is 68.6 Å². The maximum atomic E-state index is 14.3. The van der Waals surface area contributed by atoms with E-state index in [9.17, 15) is 48.3 Å². The van der Waals surface area contributed by atoms with E-state index >= 15 is 0 Å². The average Bonchev–Trinajstić information content (AvgIpc) is 1.63. The number of carboxylic acid groups (broad SMARTS) is 1. The summed E-state index contributed by atoms with van der Waals surface area (Å²) in [6.45, 7) is 13.5. The van der Waals surface area contributed by atoms with Crippen molar-refractivity contribution >= 4 is 87.9 Å². The first-order chi connectivity index (χ1) is 44.7. The lowest BCUT2D eigenvalue weighted by molar-refractivity contribution is -0.144. The van der Waals surface area contributed by atoms with Gasteiger partial charge in [-0.25, -0.2) is 9.59 Å². The maximum absolute atomic E-state index is 14.3. The van der Waals surface area contributed by atoms with Crippen LogP contribution in [0.1, 0.15) is 207 Å². The van der Waals surface area contributed by atoms with Gasteiger partial charge in [-0.1, -0.05) is 193 Å². The highest BCUT2D eigenvalue weighted by molar-refractivity contribution is 8.13. The topological polar surface area (TPSA) is 259 Å². The fourth-order valence-corrected chi connectivity index (χ4v) is 13.8. The van der Waals surface area contributed by atoms with E-state index in [-0.39, 0.29) is 60.9 Å². The predicted molar refractivity (Wildman–Crippen MR) is 379 cm³/mol. The van der Waals surface area contributed by atoms with Crippen LogP contribution >= 0.6 is 35.3 Å². The molecule has 7 N–H and O–H groups in total. The Morgan fingerprint density at radius 3 is 1.81 bits per heavy atom. The normalized spacial score (nSPS) is 15.1. The number of thioether (sulfide) groups is 3. The number of carboxylic acids is 1. The summed E-state index contributed by atoms with van der Waals surface area (Å²) in [5.74, 6) is -4.49. The minimum atomic E-state index is -1.31. The quantitative estimate of drug-likeness (QED) is 0.0240. The molecular formula is C72H109N7O11S3. The van der Waals surface area contributed by atoms with Gasteiger partial charge in [-0.2, -0.15) is 23.5 Å². The SMILES string of the molecule is CCCCCCCCCCCCCCCC(=O)SC[C@H](NC(=O)CNC(=O)OCC1c2ccccc2-c2ccccc21)C(=O)N[C@@H](CCSC)C(=O)NCC(=O)N[C@@H](CC(C)C)C(=O)N1CCC[C@H]1C(=O)N[C@@H](CSC/C=C(\C)CC/C=C(\C)CCC=C(C)C)C(=O)O. The maximum Gasteiger partial charge on any atom is 0.407 e. The van der Waals surface area contributed by atoms with Crippen LogP contribution in [-0.4, -0.2) is 148 Å². The van der Waals surface area contributed by atoms with Crippen molar-refractivity contribution in [3.8, 4) is 11.1 Å². The second kappa shape index (κ2) is 45.3. The van der Waals surface area contributed by atoms with Crippen LogP contribution in [0.4, 0.5) is 4.79 Å². The van der Waals surface area contributed by atoms with E-state index < -0.39 is 90.8 Å². The number of aliphatic carboxylic acids is 1. The number of rotatable bonds is 46. The molecule has 1 saturated heterocycles. The Labute approximate surface area is 567 Å². The lowest BCUT2D eigenvalue weighted by atomic mass is 9.98. The minimum absolute atomic E-state index is 0.0227. The van der Waals surface area contributed by atoms with E-state index in [2.05, 4.69) is 84.7 Å². The van der Waals surface area contributed by atoms with Crippen molar-refractivity contribution in [3.05, 3.63) is 94.6 Å². The van der Waals surface area contributed by atoms with Crippen LogP contribution in [0.25, 0.3) is 11.1 Å². The van der Waals surface area contributed by atoms with Crippen LogP contribution in [0.15, 0.2) is 83.5 Å². The molecule has 1 heterocycles. The molecule has 2 aliphatic rings. The first-order valence-corrected chi connectivity index (χ1v) is 37.5. The second-order valence-electron chi connectivity index (χ2n) is 25.4. The van der Waals surface area contributed by atoms with Crippen LogP contribution < -0.4 is 31.9 Å². The minimum Gasteiger partial charge on any atom is -0.480 e. The van der Waals surface area contributed by atoms with Crippen molar-refractivity contribution in [2.75, 3.05) is 55.5 Å². The van der Waals surface area contributed by atoms with E-state index in [0.29, 0.717) is 30.8 Å². The highest BCUT2D eigenvalue weighted by Crippen LogP contribution is 2.44. The molecule has 516 valence electrons. The zero-order valence-electron chi connectivity index (χ0n) is 56.8. The summed E-state index contributed by atoms with van der Waals surface area (Å²) in [4.78, 5) is 124. The second-order valence-corrected chi connectivity index (χ2v) is 28.5. The third-order valence-electron chi connectivity index (χ3n) is 16.7. The molecule has 4 rings (SSSR count). The summed E-state index contributed by atoms with van der Waals surface area (Å²) in [7, 11) is 0. The van der Waals surface area contributed by atoms with Crippen molar-refractivity contribution in [2.45, 2.75) is 226 Å². The number of carbonyl (C=O) groups excluding carboxylic acids is 8. The number of ether oxygens (including phenoxy) is 1. The molecule has 1 aliphatic heterocycles. The molecule has 2 aromatic rings. The van der Waals surface area contributed by atoms with Gasteiger partial charge in [0.2, 0.25) is 35.4 Å². The number of nitrogens with one attached hydrogen (secondary N) is 6. The monoisotopic (exact) mass is 1340 g/mol. The molecule has 5 atom stereocenters. The van der Waals surface area contributed by atoms with Crippen LogP contribution in [0, 0.1) is 5.92 Å². The molecule has 18 nitrogen and oxygen atoms in total. The molecule has 0 bridgehead atoms. The smallest absolute Gasteiger partial charge is 0.407 e. The Morgan fingerprint density at radius 2 is 1.22 bits per heavy atom. The molecule has 2 aromatic carbocycles. The summed E-state index contributed by atoms with van der Waals surface area (Å²) in [5, 5.41) is 25.8. The van der Waals surface area contributed by atoms with Crippen molar-refractivity contribution in [3.63, 3.8) is 0 Å². The number of unbranched alkanes of at least 4 members (excludes halogenated alkanes) is 12. The third kappa shape index (κ3) is 30.9. The van der Waals surface area contributed by atoms with Gasteiger partial charge in [-0.05, 0) is 126 Å². The number of amides is 7. The van der Waals surface area contributed by atoms with Crippen LogP contribution in [-0.2, 0) is 43.1 Å². The first kappa shape index (κ1) is 79.4. The van der Waals surface area contributed by atoms with Crippen molar-refractivity contribution in [1.82, 2.24) is 36.8 Å². The van der Waals surface area contributed by atoms with Crippen LogP contribution in [0.5, 0.6) is 0 Å². The molecule has 21 heteroatoms. The average molecular weight is 1340 g/mol. The number of hydrogen-bond donors (Lipinski definition) is 7. The number of alkyl carbamates (subject to hydrolysis) is 1. The van der Waals surface area contributed by atoms with Gasteiger partial charge in [-0.3, -0.25) is 33.6 Å². The summed E-state index contributed by atoms with van der Waals surface area (Å²) in [5.41, 5.74) is 8.03. The number of hydrogen-bond acceptors (Lipinski definition) is 13. The fourth-order valence-electron chi connectivity index (χ4n) is 11.4. The van der Waals surface area contributed by atoms with E-state index in [1.54, 1.807) is 0 Å². The first-order valence-electron chi connectivity index (χ1n) is 34.0. The van der Waals surface area contributed by atoms with Gasteiger partial charge < -0.3 is 46.6 Å². The Bertz CT molecular complexity index is 2760. The fraction of sp³-hybridized carbons (Fsp3) is 0.625. The van der Waals surface area contributed by atoms with Gasteiger partial charge in [0.1, 0.15) is 43.4 Å². The molecule has 93 heavy (non-hydrogen) atoms. The Hall–Kier alpha value is -6.06.